The second-order valence-corrected chi connectivity index (χ2v) is 5.30. The fourth-order valence-corrected chi connectivity index (χ4v) is 2.12. The third-order valence-electron chi connectivity index (χ3n) is 3.63. The molecule has 2 rings (SSSR count). The fraction of sp³-hybridized carbons (Fsp3) is 0.467. The lowest BCUT2D eigenvalue weighted by Crippen LogP contribution is -2.42. The number of hydrogen-bond acceptors (Lipinski definition) is 3. The van der Waals surface area contributed by atoms with Gasteiger partial charge in [0.25, 0.3) is 0 Å². The van der Waals surface area contributed by atoms with Gasteiger partial charge >= 0.3 is 0 Å². The molecule has 0 radical (unpaired) electrons. The van der Waals surface area contributed by atoms with Gasteiger partial charge in [-0.15, -0.1) is 12.4 Å². The van der Waals surface area contributed by atoms with Crippen LogP contribution in [-0.2, 0) is 4.79 Å². The summed E-state index contributed by atoms with van der Waals surface area (Å²) in [6.07, 6.45) is 0.945. The molecule has 21 heavy (non-hydrogen) atoms. The summed E-state index contributed by atoms with van der Waals surface area (Å²) in [4.78, 5) is 19.8. The molecule has 6 heteroatoms. The van der Waals surface area contributed by atoms with Crippen LogP contribution in [0, 0.1) is 5.92 Å². The molecule has 3 atom stereocenters. The van der Waals surface area contributed by atoms with Crippen LogP contribution in [-0.4, -0.2) is 21.9 Å². The van der Waals surface area contributed by atoms with E-state index in [1.54, 1.807) is 6.92 Å². The van der Waals surface area contributed by atoms with Crippen LogP contribution in [0.4, 0.5) is 0 Å². The predicted octanol–water partition coefficient (Wildman–Crippen LogP) is 2.54. The van der Waals surface area contributed by atoms with E-state index in [2.05, 4.69) is 29.1 Å². The van der Waals surface area contributed by atoms with Crippen LogP contribution < -0.4 is 11.1 Å². The quantitative estimate of drug-likeness (QED) is 0.793. The highest BCUT2D eigenvalue weighted by Gasteiger charge is 2.24. The van der Waals surface area contributed by atoms with Gasteiger partial charge in [0.05, 0.1) is 23.1 Å². The Bertz CT molecular complexity index is 563. The Kier molecular flexibility index (Phi) is 6.18. The molecule has 4 N–H and O–H groups in total. The molecule has 0 aliphatic rings. The zero-order valence-corrected chi connectivity index (χ0v) is 13.4. The maximum absolute atomic E-state index is 11.9. The number of rotatable bonds is 5. The minimum Gasteiger partial charge on any atom is -0.345 e. The normalized spacial score (nSPS) is 15.0. The number of halogens is 1. The van der Waals surface area contributed by atoms with Gasteiger partial charge in [0, 0.05) is 0 Å². The summed E-state index contributed by atoms with van der Waals surface area (Å²) in [5.74, 6) is 0.906. The first-order valence-electron chi connectivity index (χ1n) is 7.03. The largest absolute Gasteiger partial charge is 0.345 e. The molecule has 1 aromatic carbocycles. The number of hydrogen-bond donors (Lipinski definition) is 3. The molecule has 3 unspecified atom stereocenters. The number of fused-ring (bicyclic) bond motifs is 1. The summed E-state index contributed by atoms with van der Waals surface area (Å²) in [6.45, 7) is 5.87. The molecule has 116 valence electrons. The first-order chi connectivity index (χ1) is 9.52. The molecule has 0 fully saturated rings. The molecule has 1 aromatic heterocycles. The molecule has 0 spiro atoms. The minimum atomic E-state index is -0.522. The van der Waals surface area contributed by atoms with Crippen molar-refractivity contribution in [1.29, 1.82) is 0 Å². The van der Waals surface area contributed by atoms with Crippen molar-refractivity contribution in [2.45, 2.75) is 39.3 Å². The van der Waals surface area contributed by atoms with Gasteiger partial charge in [-0.1, -0.05) is 32.4 Å². The summed E-state index contributed by atoms with van der Waals surface area (Å²) in [5.41, 5.74) is 7.52. The van der Waals surface area contributed by atoms with Gasteiger partial charge in [0.1, 0.15) is 5.82 Å². The van der Waals surface area contributed by atoms with Crippen molar-refractivity contribution in [3.05, 3.63) is 30.1 Å². The van der Waals surface area contributed by atoms with Crippen molar-refractivity contribution in [3.8, 4) is 0 Å². The van der Waals surface area contributed by atoms with Crippen LogP contribution in [0.25, 0.3) is 11.0 Å². The monoisotopic (exact) mass is 310 g/mol. The molecular weight excluding hydrogens is 288 g/mol. The van der Waals surface area contributed by atoms with Gasteiger partial charge in [-0.3, -0.25) is 4.79 Å². The fourth-order valence-electron chi connectivity index (χ4n) is 2.12. The Hall–Kier alpha value is -1.59. The van der Waals surface area contributed by atoms with Crippen LogP contribution in [0.3, 0.4) is 0 Å². The predicted molar refractivity (Wildman–Crippen MR) is 87.3 cm³/mol. The topological polar surface area (TPSA) is 83.8 Å². The highest BCUT2D eigenvalue weighted by Crippen LogP contribution is 2.24. The molecule has 5 nitrogen and oxygen atoms in total. The second kappa shape index (κ2) is 7.43. The number of nitrogens with two attached hydrogens (primary N) is 1. The van der Waals surface area contributed by atoms with E-state index in [0.29, 0.717) is 0 Å². The van der Waals surface area contributed by atoms with Gasteiger partial charge in [0.15, 0.2) is 0 Å². The summed E-state index contributed by atoms with van der Waals surface area (Å²) in [7, 11) is 0. The van der Waals surface area contributed by atoms with Crippen molar-refractivity contribution in [3.63, 3.8) is 0 Å². The van der Waals surface area contributed by atoms with Gasteiger partial charge in [-0.25, -0.2) is 4.98 Å². The van der Waals surface area contributed by atoms with Crippen LogP contribution in [0.2, 0.25) is 0 Å². The zero-order chi connectivity index (χ0) is 14.7. The number of amides is 1. The summed E-state index contributed by atoms with van der Waals surface area (Å²) < 4.78 is 0. The molecule has 1 heterocycles. The summed E-state index contributed by atoms with van der Waals surface area (Å²) >= 11 is 0. The highest BCUT2D eigenvalue weighted by atomic mass is 35.5. The molecule has 2 aromatic rings. The maximum atomic E-state index is 11.9. The van der Waals surface area contributed by atoms with E-state index < -0.39 is 6.04 Å². The first kappa shape index (κ1) is 17.5. The highest BCUT2D eigenvalue weighted by molar-refractivity contribution is 5.85. The molecular formula is C15H23ClN4O. The maximum Gasteiger partial charge on any atom is 0.237 e. The summed E-state index contributed by atoms with van der Waals surface area (Å²) in [5, 5.41) is 2.99. The number of carbonyl (C=O) groups is 1. The molecule has 0 saturated carbocycles. The number of para-hydroxylation sites is 2. The Morgan fingerprint density at radius 1 is 1.38 bits per heavy atom. The van der Waals surface area contributed by atoms with E-state index in [1.165, 1.54) is 0 Å². The van der Waals surface area contributed by atoms with Crippen molar-refractivity contribution < 1.29 is 4.79 Å². The minimum absolute atomic E-state index is 0. The van der Waals surface area contributed by atoms with Crippen LogP contribution in [0.1, 0.15) is 39.1 Å². The average Bonchev–Trinajstić information content (AvgIpc) is 2.86. The van der Waals surface area contributed by atoms with Crippen molar-refractivity contribution in [2.24, 2.45) is 11.7 Å². The van der Waals surface area contributed by atoms with Crippen molar-refractivity contribution in [1.82, 2.24) is 15.3 Å². The van der Waals surface area contributed by atoms with E-state index in [0.717, 1.165) is 23.3 Å². The Morgan fingerprint density at radius 2 is 2.05 bits per heavy atom. The second-order valence-electron chi connectivity index (χ2n) is 5.30. The van der Waals surface area contributed by atoms with Gasteiger partial charge in [0.2, 0.25) is 5.91 Å². The number of H-pyrrole nitrogens is 1. The van der Waals surface area contributed by atoms with Crippen LogP contribution in [0.5, 0.6) is 0 Å². The molecule has 0 bridgehead atoms. The van der Waals surface area contributed by atoms with Crippen LogP contribution >= 0.6 is 12.4 Å². The van der Waals surface area contributed by atoms with E-state index in [4.69, 9.17) is 5.73 Å². The number of imidazole rings is 1. The number of nitrogens with zero attached hydrogens (tertiary/aromatic N) is 1. The van der Waals surface area contributed by atoms with E-state index in [1.807, 2.05) is 24.3 Å². The Balaban J connectivity index is 0.00000220. The number of benzene rings is 1. The smallest absolute Gasteiger partial charge is 0.237 e. The van der Waals surface area contributed by atoms with Crippen molar-refractivity contribution >= 4 is 29.3 Å². The average molecular weight is 311 g/mol. The lowest BCUT2D eigenvalue weighted by atomic mass is 9.98. The van der Waals surface area contributed by atoms with Gasteiger partial charge < -0.3 is 16.0 Å². The molecule has 0 saturated heterocycles. The van der Waals surface area contributed by atoms with E-state index in [9.17, 15) is 4.79 Å². The first-order valence-corrected chi connectivity index (χ1v) is 7.03. The molecule has 0 aliphatic heterocycles. The zero-order valence-electron chi connectivity index (χ0n) is 12.6. The SMILES string of the molecule is CCC(C)C(NC(=O)C(C)N)c1nc2ccccc2[nH]1.Cl. The lowest BCUT2D eigenvalue weighted by Gasteiger charge is -2.23. The third kappa shape index (κ3) is 3.95. The molecule has 1 amide bonds. The van der Waals surface area contributed by atoms with Gasteiger partial charge in [-0.05, 0) is 25.0 Å². The number of nitrogens with one attached hydrogen (secondary N) is 2. The Labute approximate surface area is 131 Å². The number of aromatic amines is 1. The van der Waals surface area contributed by atoms with Crippen LogP contribution in [0.15, 0.2) is 24.3 Å². The lowest BCUT2D eigenvalue weighted by molar-refractivity contribution is -0.123. The number of carbonyl (C=O) groups excluding carboxylic acids is 1. The number of aromatic nitrogens is 2. The standard InChI is InChI=1S/C15H22N4O.ClH/c1-4-9(2)13(19-15(20)10(3)16)14-17-11-7-5-6-8-12(11)18-14;/h5-10,13H,4,16H2,1-3H3,(H,17,18)(H,19,20);1H. The molecule has 0 aliphatic carbocycles. The van der Waals surface area contributed by atoms with Gasteiger partial charge in [-0.2, -0.15) is 0 Å². The van der Waals surface area contributed by atoms with E-state index >= 15 is 0 Å². The van der Waals surface area contributed by atoms with Crippen molar-refractivity contribution in [2.75, 3.05) is 0 Å². The van der Waals surface area contributed by atoms with E-state index in [-0.39, 0.29) is 30.3 Å². The third-order valence-corrected chi connectivity index (χ3v) is 3.63. The Morgan fingerprint density at radius 3 is 2.62 bits per heavy atom. The summed E-state index contributed by atoms with van der Waals surface area (Å²) in [6, 6.07) is 7.18.